The molecule has 3 atom stereocenters. The zero-order chi connectivity index (χ0) is 25.1. The van der Waals surface area contributed by atoms with E-state index in [-0.39, 0.29) is 44.1 Å². The zero-order valence-electron chi connectivity index (χ0n) is 20.3. The van der Waals surface area contributed by atoms with Crippen molar-refractivity contribution in [2.75, 3.05) is 26.4 Å². The first-order valence-corrected chi connectivity index (χ1v) is 12.0. The Hall–Kier alpha value is -3.39. The molecule has 4 rings (SSSR count). The average Bonchev–Trinajstić information content (AvgIpc) is 3.16. The maximum absolute atomic E-state index is 13.3. The number of aliphatic carboxylic acids is 1. The van der Waals surface area contributed by atoms with Crippen LogP contribution in [-0.2, 0) is 19.1 Å². The molecule has 0 radical (unpaired) electrons. The molecule has 3 unspecified atom stereocenters. The Morgan fingerprint density at radius 3 is 2.23 bits per heavy atom. The lowest BCUT2D eigenvalue weighted by molar-refractivity contribution is -0.161. The van der Waals surface area contributed by atoms with E-state index in [4.69, 9.17) is 9.47 Å². The number of alkyl carbamates (subject to hydrolysis) is 1. The van der Waals surface area contributed by atoms with Crippen LogP contribution in [0.4, 0.5) is 4.79 Å². The number of benzene rings is 2. The number of rotatable bonds is 7. The lowest BCUT2D eigenvalue weighted by atomic mass is 9.87. The van der Waals surface area contributed by atoms with Crippen molar-refractivity contribution in [3.05, 3.63) is 59.7 Å². The summed E-state index contributed by atoms with van der Waals surface area (Å²) in [4.78, 5) is 39.1. The van der Waals surface area contributed by atoms with Crippen LogP contribution in [0.5, 0.6) is 0 Å². The SMILES string of the molecule is CC(C)C(C(=O)N1CCOCC1C(=O)O)C(C)NC(=O)OCC1c2ccccc2-c2ccccc21. The van der Waals surface area contributed by atoms with Gasteiger partial charge in [0.25, 0.3) is 0 Å². The number of carboxylic acids is 1. The minimum Gasteiger partial charge on any atom is -0.480 e. The second-order valence-corrected chi connectivity index (χ2v) is 9.49. The van der Waals surface area contributed by atoms with Crippen molar-refractivity contribution in [1.29, 1.82) is 0 Å². The normalized spacial score (nSPS) is 19.0. The number of nitrogens with one attached hydrogen (secondary N) is 1. The fourth-order valence-electron chi connectivity index (χ4n) is 5.26. The minimum absolute atomic E-state index is 0.0416. The number of hydrogen-bond acceptors (Lipinski definition) is 5. The Bertz CT molecular complexity index is 1060. The third-order valence-corrected chi connectivity index (χ3v) is 6.93. The highest BCUT2D eigenvalue weighted by molar-refractivity contribution is 5.86. The Balaban J connectivity index is 1.42. The van der Waals surface area contributed by atoms with Gasteiger partial charge in [0.15, 0.2) is 6.04 Å². The molecule has 8 heteroatoms. The molecule has 1 fully saturated rings. The Kier molecular flexibility index (Phi) is 7.40. The first-order valence-electron chi connectivity index (χ1n) is 12.0. The van der Waals surface area contributed by atoms with Gasteiger partial charge in [0.05, 0.1) is 19.1 Å². The lowest BCUT2D eigenvalue weighted by Gasteiger charge is -2.38. The summed E-state index contributed by atoms with van der Waals surface area (Å²) in [6, 6.07) is 14.6. The maximum Gasteiger partial charge on any atom is 0.407 e. The van der Waals surface area contributed by atoms with E-state index in [2.05, 4.69) is 29.6 Å². The third-order valence-electron chi connectivity index (χ3n) is 6.93. The highest BCUT2D eigenvalue weighted by atomic mass is 16.5. The van der Waals surface area contributed by atoms with Crippen LogP contribution in [0.3, 0.4) is 0 Å². The summed E-state index contributed by atoms with van der Waals surface area (Å²) in [5.74, 6) is -2.19. The van der Waals surface area contributed by atoms with Gasteiger partial charge in [-0.3, -0.25) is 4.79 Å². The van der Waals surface area contributed by atoms with E-state index in [0.29, 0.717) is 0 Å². The molecule has 2 aromatic carbocycles. The molecule has 1 aliphatic heterocycles. The molecule has 0 aromatic heterocycles. The molecule has 0 spiro atoms. The second kappa shape index (κ2) is 10.5. The lowest BCUT2D eigenvalue weighted by Crippen LogP contribution is -2.57. The molecule has 35 heavy (non-hydrogen) atoms. The van der Waals surface area contributed by atoms with Crippen molar-refractivity contribution < 1.29 is 29.0 Å². The van der Waals surface area contributed by atoms with Crippen molar-refractivity contribution >= 4 is 18.0 Å². The number of carbonyl (C=O) groups is 3. The van der Waals surface area contributed by atoms with Crippen LogP contribution in [0, 0.1) is 11.8 Å². The van der Waals surface area contributed by atoms with E-state index in [1.54, 1.807) is 6.92 Å². The zero-order valence-corrected chi connectivity index (χ0v) is 20.3. The van der Waals surface area contributed by atoms with Gasteiger partial charge in [0, 0.05) is 18.5 Å². The van der Waals surface area contributed by atoms with Crippen LogP contribution in [0.2, 0.25) is 0 Å². The number of fused-ring (bicyclic) bond motifs is 3. The smallest absolute Gasteiger partial charge is 0.407 e. The van der Waals surface area contributed by atoms with Crippen molar-refractivity contribution in [2.45, 2.75) is 38.8 Å². The number of ether oxygens (including phenoxy) is 2. The quantitative estimate of drug-likeness (QED) is 0.629. The highest BCUT2D eigenvalue weighted by Crippen LogP contribution is 2.44. The highest BCUT2D eigenvalue weighted by Gasteiger charge is 2.39. The molecule has 1 heterocycles. The van der Waals surface area contributed by atoms with Gasteiger partial charge in [-0.1, -0.05) is 62.4 Å². The van der Waals surface area contributed by atoms with Gasteiger partial charge >= 0.3 is 12.1 Å². The van der Waals surface area contributed by atoms with Crippen molar-refractivity contribution in [1.82, 2.24) is 10.2 Å². The fourth-order valence-corrected chi connectivity index (χ4v) is 5.26. The Morgan fingerprint density at radius 1 is 1.06 bits per heavy atom. The van der Waals surface area contributed by atoms with Crippen molar-refractivity contribution in [3.63, 3.8) is 0 Å². The topological polar surface area (TPSA) is 105 Å². The molecule has 186 valence electrons. The van der Waals surface area contributed by atoms with E-state index < -0.39 is 30.1 Å². The third kappa shape index (κ3) is 5.03. The monoisotopic (exact) mass is 480 g/mol. The molecule has 0 saturated carbocycles. The van der Waals surface area contributed by atoms with E-state index in [0.717, 1.165) is 22.3 Å². The number of morpholine rings is 1. The summed E-state index contributed by atoms with van der Waals surface area (Å²) < 4.78 is 10.9. The van der Waals surface area contributed by atoms with E-state index in [9.17, 15) is 19.5 Å². The predicted octanol–water partition coefficient (Wildman–Crippen LogP) is 3.50. The first kappa shape index (κ1) is 24.7. The fraction of sp³-hybridized carbons (Fsp3) is 0.444. The number of carbonyl (C=O) groups excluding carboxylic acids is 2. The van der Waals surface area contributed by atoms with Crippen LogP contribution in [-0.4, -0.2) is 66.4 Å². The number of hydrogen-bond donors (Lipinski definition) is 2. The predicted molar refractivity (Wildman–Crippen MR) is 130 cm³/mol. The molecule has 8 nitrogen and oxygen atoms in total. The van der Waals surface area contributed by atoms with Crippen LogP contribution in [0.25, 0.3) is 11.1 Å². The van der Waals surface area contributed by atoms with E-state index >= 15 is 0 Å². The number of amides is 2. The van der Waals surface area contributed by atoms with Crippen LogP contribution in [0.1, 0.15) is 37.8 Å². The second-order valence-electron chi connectivity index (χ2n) is 9.49. The molecular formula is C27H32N2O6. The van der Waals surface area contributed by atoms with Crippen LogP contribution >= 0.6 is 0 Å². The summed E-state index contributed by atoms with van der Waals surface area (Å²) in [5, 5.41) is 12.3. The van der Waals surface area contributed by atoms with Gasteiger partial charge in [-0.25, -0.2) is 9.59 Å². The minimum atomic E-state index is -1.10. The molecule has 1 saturated heterocycles. The molecule has 0 bridgehead atoms. The largest absolute Gasteiger partial charge is 0.480 e. The van der Waals surface area contributed by atoms with Crippen molar-refractivity contribution in [3.8, 4) is 11.1 Å². The van der Waals surface area contributed by atoms with Gasteiger partial charge in [-0.2, -0.15) is 0 Å². The summed E-state index contributed by atoms with van der Waals surface area (Å²) >= 11 is 0. The van der Waals surface area contributed by atoms with Gasteiger partial charge in [0.2, 0.25) is 5.91 Å². The van der Waals surface area contributed by atoms with Crippen molar-refractivity contribution in [2.24, 2.45) is 11.8 Å². The van der Waals surface area contributed by atoms with E-state index in [1.807, 2.05) is 38.1 Å². The summed E-state index contributed by atoms with van der Waals surface area (Å²) in [7, 11) is 0. The molecule has 2 aromatic rings. The molecular weight excluding hydrogens is 448 g/mol. The standard InChI is InChI=1S/C27H32N2O6/c1-16(2)24(25(30)29-12-13-34-15-23(29)26(31)32)17(3)28-27(33)35-14-22-20-10-6-4-8-18(20)19-9-5-7-11-21(19)22/h4-11,16-17,22-24H,12-15H2,1-3H3,(H,28,33)(H,31,32). The number of carboxylic acid groups (broad SMARTS) is 1. The molecule has 2 aliphatic rings. The maximum atomic E-state index is 13.3. The average molecular weight is 481 g/mol. The summed E-state index contributed by atoms with van der Waals surface area (Å²) in [5.41, 5.74) is 4.54. The Labute approximate surface area is 205 Å². The molecule has 2 amide bonds. The molecule has 2 N–H and O–H groups in total. The summed E-state index contributed by atoms with van der Waals surface area (Å²) in [6.07, 6.45) is -0.602. The van der Waals surface area contributed by atoms with Crippen LogP contribution < -0.4 is 5.32 Å². The first-order chi connectivity index (χ1) is 16.8. The van der Waals surface area contributed by atoms with Gasteiger partial charge in [-0.15, -0.1) is 0 Å². The summed E-state index contributed by atoms with van der Waals surface area (Å²) in [6.45, 7) is 6.15. The van der Waals surface area contributed by atoms with E-state index in [1.165, 1.54) is 4.90 Å². The van der Waals surface area contributed by atoms with Crippen LogP contribution in [0.15, 0.2) is 48.5 Å². The van der Waals surface area contributed by atoms with Gasteiger partial charge in [-0.05, 0) is 35.1 Å². The molecule has 1 aliphatic carbocycles. The number of nitrogens with zero attached hydrogens (tertiary/aromatic N) is 1. The Morgan fingerprint density at radius 2 is 1.66 bits per heavy atom. The van der Waals surface area contributed by atoms with Gasteiger partial charge in [0.1, 0.15) is 6.61 Å². The van der Waals surface area contributed by atoms with Gasteiger partial charge < -0.3 is 24.8 Å².